The maximum absolute atomic E-state index is 11.7. The van der Waals surface area contributed by atoms with Crippen LogP contribution in [-0.2, 0) is 11.2 Å². The minimum absolute atomic E-state index is 0.106. The van der Waals surface area contributed by atoms with Crippen LogP contribution in [0.5, 0.6) is 0 Å². The average Bonchev–Trinajstić information content (AvgIpc) is 2.35. The van der Waals surface area contributed by atoms with Gasteiger partial charge in [0, 0.05) is 12.3 Å². The van der Waals surface area contributed by atoms with Crippen LogP contribution in [0.2, 0.25) is 0 Å². The number of nitrogens with one attached hydrogen (secondary N) is 2. The van der Waals surface area contributed by atoms with Crippen molar-refractivity contribution in [3.05, 3.63) is 64.1 Å². The van der Waals surface area contributed by atoms with Crippen molar-refractivity contribution in [1.29, 1.82) is 0 Å². The van der Waals surface area contributed by atoms with Gasteiger partial charge in [-0.3, -0.25) is 9.59 Å². The van der Waals surface area contributed by atoms with E-state index in [4.69, 9.17) is 0 Å². The normalized spacial score (nSPS) is 10.1. The van der Waals surface area contributed by atoms with E-state index in [1.54, 1.807) is 6.07 Å². The zero-order valence-corrected chi connectivity index (χ0v) is 10.1. The highest BCUT2D eigenvalue weighted by Crippen LogP contribution is 2.06. The number of hydrogen-bond acceptors (Lipinski definition) is 2. The SMILES string of the molecule is Cc1ccc(CC(=O)Nc2ccc(=O)[nH]c2)cc1. The number of aromatic nitrogens is 1. The number of hydrogen-bond donors (Lipinski definition) is 2. The van der Waals surface area contributed by atoms with Crippen LogP contribution >= 0.6 is 0 Å². The van der Waals surface area contributed by atoms with Crippen LogP contribution in [0.4, 0.5) is 5.69 Å². The molecule has 0 atom stereocenters. The van der Waals surface area contributed by atoms with Crippen LogP contribution in [0.3, 0.4) is 0 Å². The summed E-state index contributed by atoms with van der Waals surface area (Å²) in [5.41, 5.74) is 2.53. The Kier molecular flexibility index (Phi) is 3.57. The Morgan fingerprint density at radius 2 is 1.89 bits per heavy atom. The summed E-state index contributed by atoms with van der Waals surface area (Å²) in [6.07, 6.45) is 1.80. The van der Waals surface area contributed by atoms with Crippen molar-refractivity contribution >= 4 is 11.6 Å². The van der Waals surface area contributed by atoms with E-state index in [9.17, 15) is 9.59 Å². The van der Waals surface area contributed by atoms with Crippen molar-refractivity contribution in [2.24, 2.45) is 0 Å². The van der Waals surface area contributed by atoms with Crippen molar-refractivity contribution < 1.29 is 4.79 Å². The number of carbonyl (C=O) groups excluding carboxylic acids is 1. The van der Waals surface area contributed by atoms with Gasteiger partial charge in [-0.15, -0.1) is 0 Å². The molecule has 92 valence electrons. The zero-order valence-electron chi connectivity index (χ0n) is 10.1. The number of amides is 1. The molecule has 0 aliphatic heterocycles. The summed E-state index contributed by atoms with van der Waals surface area (Å²) in [7, 11) is 0. The molecular weight excluding hydrogens is 228 g/mol. The molecule has 0 unspecified atom stereocenters. The van der Waals surface area contributed by atoms with Crippen molar-refractivity contribution in [3.8, 4) is 0 Å². The molecule has 0 aliphatic carbocycles. The van der Waals surface area contributed by atoms with Gasteiger partial charge in [0.1, 0.15) is 0 Å². The molecule has 0 spiro atoms. The maximum atomic E-state index is 11.7. The third-order valence-electron chi connectivity index (χ3n) is 2.55. The highest BCUT2D eigenvalue weighted by molar-refractivity contribution is 5.92. The summed E-state index contributed by atoms with van der Waals surface area (Å²) in [6, 6.07) is 10.8. The van der Waals surface area contributed by atoms with Gasteiger partial charge in [-0.2, -0.15) is 0 Å². The molecule has 2 rings (SSSR count). The predicted octanol–water partition coefficient (Wildman–Crippen LogP) is 1.86. The largest absolute Gasteiger partial charge is 0.327 e. The monoisotopic (exact) mass is 242 g/mol. The van der Waals surface area contributed by atoms with Crippen molar-refractivity contribution in [2.75, 3.05) is 5.32 Å². The van der Waals surface area contributed by atoms with E-state index in [1.807, 2.05) is 31.2 Å². The molecule has 0 fully saturated rings. The van der Waals surface area contributed by atoms with E-state index in [0.29, 0.717) is 12.1 Å². The summed E-state index contributed by atoms with van der Waals surface area (Å²) >= 11 is 0. The fourth-order valence-corrected chi connectivity index (χ4v) is 1.58. The molecule has 0 bridgehead atoms. The highest BCUT2D eigenvalue weighted by Gasteiger charge is 2.03. The lowest BCUT2D eigenvalue weighted by Crippen LogP contribution is -2.15. The van der Waals surface area contributed by atoms with Gasteiger partial charge in [0.2, 0.25) is 11.5 Å². The number of H-pyrrole nitrogens is 1. The molecular formula is C14H14N2O2. The minimum atomic E-state index is -0.188. The molecule has 18 heavy (non-hydrogen) atoms. The first-order valence-electron chi connectivity index (χ1n) is 5.67. The molecule has 4 heteroatoms. The smallest absolute Gasteiger partial charge is 0.248 e. The van der Waals surface area contributed by atoms with Gasteiger partial charge in [-0.05, 0) is 18.6 Å². The van der Waals surface area contributed by atoms with Crippen LogP contribution < -0.4 is 10.9 Å². The van der Waals surface area contributed by atoms with Gasteiger partial charge in [0.25, 0.3) is 0 Å². The Morgan fingerprint density at radius 1 is 1.17 bits per heavy atom. The van der Waals surface area contributed by atoms with Gasteiger partial charge < -0.3 is 10.3 Å². The van der Waals surface area contributed by atoms with E-state index in [-0.39, 0.29) is 11.5 Å². The number of anilines is 1. The molecule has 2 N–H and O–H groups in total. The molecule has 0 radical (unpaired) electrons. The molecule has 1 heterocycles. The molecule has 0 saturated heterocycles. The van der Waals surface area contributed by atoms with E-state index in [1.165, 1.54) is 17.8 Å². The first-order valence-corrected chi connectivity index (χ1v) is 5.67. The highest BCUT2D eigenvalue weighted by atomic mass is 16.1. The second kappa shape index (κ2) is 5.31. The number of rotatable bonds is 3. The Balaban J connectivity index is 1.98. The first-order chi connectivity index (χ1) is 8.63. The Labute approximate surface area is 105 Å². The van der Waals surface area contributed by atoms with E-state index in [2.05, 4.69) is 10.3 Å². The standard InChI is InChI=1S/C14H14N2O2/c1-10-2-4-11(5-3-10)8-14(18)16-12-6-7-13(17)15-9-12/h2-7,9H,8H2,1H3,(H,15,17)(H,16,18). The topological polar surface area (TPSA) is 62.0 Å². The number of pyridine rings is 1. The van der Waals surface area contributed by atoms with Gasteiger partial charge in [0.15, 0.2) is 0 Å². The lowest BCUT2D eigenvalue weighted by Gasteiger charge is -2.05. The second-order valence-electron chi connectivity index (χ2n) is 4.15. The van der Waals surface area contributed by atoms with Crippen molar-refractivity contribution in [3.63, 3.8) is 0 Å². The van der Waals surface area contributed by atoms with Gasteiger partial charge in [-0.25, -0.2) is 0 Å². The number of aromatic amines is 1. The lowest BCUT2D eigenvalue weighted by molar-refractivity contribution is -0.115. The molecule has 2 aromatic rings. The number of aryl methyl sites for hydroxylation is 1. The fourth-order valence-electron chi connectivity index (χ4n) is 1.58. The first kappa shape index (κ1) is 12.1. The summed E-state index contributed by atoms with van der Waals surface area (Å²) in [4.78, 5) is 25.1. The third kappa shape index (κ3) is 3.31. The van der Waals surface area contributed by atoms with Crippen molar-refractivity contribution in [1.82, 2.24) is 4.98 Å². The lowest BCUT2D eigenvalue weighted by atomic mass is 10.1. The van der Waals surface area contributed by atoms with Crippen LogP contribution in [0.25, 0.3) is 0 Å². The van der Waals surface area contributed by atoms with Crippen LogP contribution in [0.15, 0.2) is 47.4 Å². The van der Waals surface area contributed by atoms with Crippen LogP contribution in [-0.4, -0.2) is 10.9 Å². The van der Waals surface area contributed by atoms with Crippen LogP contribution in [0.1, 0.15) is 11.1 Å². The third-order valence-corrected chi connectivity index (χ3v) is 2.55. The van der Waals surface area contributed by atoms with Gasteiger partial charge in [0.05, 0.1) is 12.1 Å². The quantitative estimate of drug-likeness (QED) is 0.863. The predicted molar refractivity (Wildman–Crippen MR) is 70.6 cm³/mol. The number of carbonyl (C=O) groups is 1. The van der Waals surface area contributed by atoms with E-state index in [0.717, 1.165) is 5.56 Å². The van der Waals surface area contributed by atoms with Gasteiger partial charge in [-0.1, -0.05) is 29.8 Å². The summed E-state index contributed by atoms with van der Waals surface area (Å²) in [5, 5.41) is 2.72. The molecule has 0 saturated carbocycles. The Morgan fingerprint density at radius 3 is 2.50 bits per heavy atom. The second-order valence-corrected chi connectivity index (χ2v) is 4.15. The van der Waals surface area contributed by atoms with Crippen LogP contribution in [0, 0.1) is 6.92 Å². The summed E-state index contributed by atoms with van der Waals surface area (Å²) in [6.45, 7) is 2.00. The average molecular weight is 242 g/mol. The van der Waals surface area contributed by atoms with Crippen molar-refractivity contribution in [2.45, 2.75) is 13.3 Å². The van der Waals surface area contributed by atoms with Gasteiger partial charge >= 0.3 is 0 Å². The molecule has 1 aromatic heterocycles. The maximum Gasteiger partial charge on any atom is 0.248 e. The Hall–Kier alpha value is -2.36. The molecule has 4 nitrogen and oxygen atoms in total. The number of benzene rings is 1. The summed E-state index contributed by atoms with van der Waals surface area (Å²) < 4.78 is 0. The molecule has 1 aromatic carbocycles. The minimum Gasteiger partial charge on any atom is -0.327 e. The summed E-state index contributed by atoms with van der Waals surface area (Å²) in [5.74, 6) is -0.106. The molecule has 0 aliphatic rings. The zero-order chi connectivity index (χ0) is 13.0. The van der Waals surface area contributed by atoms with E-state index < -0.39 is 0 Å². The Bertz CT molecular complexity index is 579. The fraction of sp³-hybridized carbons (Fsp3) is 0.143. The van der Waals surface area contributed by atoms with E-state index >= 15 is 0 Å². The molecule has 1 amide bonds.